The van der Waals surface area contributed by atoms with Gasteiger partial charge in [-0.15, -0.1) is 5.10 Å². The number of hydrogen-bond donors (Lipinski definition) is 1. The zero-order valence-corrected chi connectivity index (χ0v) is 15.3. The highest BCUT2D eigenvalue weighted by molar-refractivity contribution is 7.98. The average molecular weight is 376 g/mol. The second-order valence-corrected chi connectivity index (χ2v) is 6.83. The van der Waals surface area contributed by atoms with Crippen LogP contribution in [-0.2, 0) is 10.5 Å². The molecule has 1 amide bonds. The number of thioether (sulfide) groups is 1. The molecule has 7 nitrogen and oxygen atoms in total. The third-order valence-corrected chi connectivity index (χ3v) is 4.89. The quantitative estimate of drug-likeness (QED) is 0.537. The molecular weight excluding hydrogens is 360 g/mol. The predicted molar refractivity (Wildman–Crippen MR) is 105 cm³/mol. The Balaban J connectivity index is 1.58. The molecule has 0 bridgehead atoms. The van der Waals surface area contributed by atoms with Gasteiger partial charge in [-0.05, 0) is 40.3 Å². The maximum atomic E-state index is 11.3. The van der Waals surface area contributed by atoms with E-state index in [-0.39, 0.29) is 5.91 Å². The van der Waals surface area contributed by atoms with Crippen LogP contribution >= 0.6 is 11.8 Å². The Labute approximate surface area is 159 Å². The van der Waals surface area contributed by atoms with E-state index in [1.54, 1.807) is 10.9 Å². The lowest BCUT2D eigenvalue weighted by atomic mass is 10.1. The van der Waals surface area contributed by atoms with Gasteiger partial charge in [0.1, 0.15) is 0 Å². The van der Waals surface area contributed by atoms with E-state index in [2.05, 4.69) is 31.9 Å². The normalized spacial score (nSPS) is 10.9. The van der Waals surface area contributed by atoms with Gasteiger partial charge < -0.3 is 5.32 Å². The van der Waals surface area contributed by atoms with Crippen molar-refractivity contribution in [3.8, 4) is 5.69 Å². The monoisotopic (exact) mass is 376 g/mol. The molecule has 0 spiro atoms. The molecular formula is C19H16N6OS. The zero-order valence-electron chi connectivity index (χ0n) is 14.5. The predicted octanol–water partition coefficient (Wildman–Crippen LogP) is 3.46. The molecule has 0 saturated carbocycles. The summed E-state index contributed by atoms with van der Waals surface area (Å²) >= 11 is 1.54. The van der Waals surface area contributed by atoms with Crippen molar-refractivity contribution in [2.24, 2.45) is 0 Å². The van der Waals surface area contributed by atoms with Gasteiger partial charge in [0.15, 0.2) is 0 Å². The third kappa shape index (κ3) is 3.80. The molecule has 134 valence electrons. The molecule has 0 aliphatic carbocycles. The van der Waals surface area contributed by atoms with Crippen molar-refractivity contribution < 1.29 is 4.79 Å². The number of benzene rings is 2. The van der Waals surface area contributed by atoms with E-state index in [0.717, 1.165) is 22.2 Å². The van der Waals surface area contributed by atoms with Gasteiger partial charge in [0.25, 0.3) is 0 Å². The molecule has 0 aliphatic rings. The summed E-state index contributed by atoms with van der Waals surface area (Å²) in [6, 6.07) is 17.5. The van der Waals surface area contributed by atoms with Crippen LogP contribution in [0, 0.1) is 0 Å². The highest BCUT2D eigenvalue weighted by Gasteiger charge is 2.11. The van der Waals surface area contributed by atoms with Crippen LogP contribution < -0.4 is 5.32 Å². The molecule has 4 aromatic rings. The van der Waals surface area contributed by atoms with Crippen LogP contribution in [-0.4, -0.2) is 31.1 Å². The second kappa shape index (κ2) is 7.55. The van der Waals surface area contributed by atoms with E-state index in [1.807, 2.05) is 48.5 Å². The largest absolute Gasteiger partial charge is 0.326 e. The van der Waals surface area contributed by atoms with Crippen molar-refractivity contribution >= 4 is 34.3 Å². The first-order valence-electron chi connectivity index (χ1n) is 8.32. The van der Waals surface area contributed by atoms with Gasteiger partial charge in [0.2, 0.25) is 11.1 Å². The van der Waals surface area contributed by atoms with Gasteiger partial charge in [-0.3, -0.25) is 9.78 Å². The minimum atomic E-state index is -0.123. The fourth-order valence-electron chi connectivity index (χ4n) is 2.78. The highest BCUT2D eigenvalue weighted by atomic mass is 32.2. The van der Waals surface area contributed by atoms with Crippen LogP contribution in [0.5, 0.6) is 0 Å². The number of tetrazole rings is 1. The van der Waals surface area contributed by atoms with E-state index in [9.17, 15) is 4.79 Å². The molecule has 8 heteroatoms. The zero-order chi connectivity index (χ0) is 18.6. The van der Waals surface area contributed by atoms with Gasteiger partial charge >= 0.3 is 0 Å². The Hall–Kier alpha value is -3.26. The number of para-hydroxylation sites is 1. The molecule has 0 atom stereocenters. The van der Waals surface area contributed by atoms with E-state index in [1.165, 1.54) is 18.7 Å². The van der Waals surface area contributed by atoms with Gasteiger partial charge in [-0.25, -0.2) is 0 Å². The van der Waals surface area contributed by atoms with Crippen molar-refractivity contribution in [1.82, 2.24) is 25.2 Å². The number of carbonyl (C=O) groups excluding carboxylic acids is 1. The van der Waals surface area contributed by atoms with E-state index in [0.29, 0.717) is 16.6 Å². The lowest BCUT2D eigenvalue weighted by molar-refractivity contribution is -0.114. The molecule has 0 fully saturated rings. The summed E-state index contributed by atoms with van der Waals surface area (Å²) in [5.74, 6) is 0.571. The molecule has 27 heavy (non-hydrogen) atoms. The van der Waals surface area contributed by atoms with E-state index < -0.39 is 0 Å². The minimum Gasteiger partial charge on any atom is -0.326 e. The summed E-state index contributed by atoms with van der Waals surface area (Å²) in [7, 11) is 0. The van der Waals surface area contributed by atoms with Crippen LogP contribution in [0.25, 0.3) is 16.6 Å². The summed E-state index contributed by atoms with van der Waals surface area (Å²) in [5, 5.41) is 16.6. The van der Waals surface area contributed by atoms with E-state index >= 15 is 0 Å². The number of carbonyl (C=O) groups is 1. The summed E-state index contributed by atoms with van der Waals surface area (Å²) in [6.07, 6.45) is 1.80. The Morgan fingerprint density at radius 1 is 1.15 bits per heavy atom. The molecule has 2 aromatic carbocycles. The first kappa shape index (κ1) is 17.2. The molecule has 0 unspecified atom stereocenters. The fourth-order valence-corrected chi connectivity index (χ4v) is 3.65. The Morgan fingerprint density at radius 2 is 2.00 bits per heavy atom. The number of aromatic nitrogens is 5. The van der Waals surface area contributed by atoms with Crippen molar-refractivity contribution in [3.63, 3.8) is 0 Å². The summed E-state index contributed by atoms with van der Waals surface area (Å²) in [6.45, 7) is 1.48. The minimum absolute atomic E-state index is 0.123. The lowest BCUT2D eigenvalue weighted by Crippen LogP contribution is -2.07. The third-order valence-electron chi connectivity index (χ3n) is 3.93. The van der Waals surface area contributed by atoms with Crippen LogP contribution in [0.2, 0.25) is 0 Å². The first-order valence-corrected chi connectivity index (χ1v) is 9.31. The number of pyridine rings is 1. The second-order valence-electron chi connectivity index (χ2n) is 5.89. The number of fused-ring (bicyclic) bond motifs is 1. The SMILES string of the molecule is CC(=O)Nc1cccc(-n2nnnc2SCc2cccc3cccnc23)c1. The van der Waals surface area contributed by atoms with Crippen molar-refractivity contribution in [2.75, 3.05) is 5.32 Å². The molecule has 0 aliphatic heterocycles. The smallest absolute Gasteiger partial charge is 0.221 e. The Bertz CT molecular complexity index is 1100. The summed E-state index contributed by atoms with van der Waals surface area (Å²) in [5.41, 5.74) is 3.59. The molecule has 0 saturated heterocycles. The van der Waals surface area contributed by atoms with Gasteiger partial charge in [-0.1, -0.05) is 42.1 Å². The Kier molecular flexibility index (Phi) is 4.80. The summed E-state index contributed by atoms with van der Waals surface area (Å²) in [4.78, 5) is 15.8. The first-order chi connectivity index (χ1) is 13.2. The topological polar surface area (TPSA) is 85.6 Å². The number of hydrogen-bond acceptors (Lipinski definition) is 6. The van der Waals surface area contributed by atoms with Crippen molar-refractivity contribution in [2.45, 2.75) is 17.8 Å². The maximum absolute atomic E-state index is 11.3. The number of anilines is 1. The maximum Gasteiger partial charge on any atom is 0.221 e. The van der Waals surface area contributed by atoms with Crippen LogP contribution in [0.4, 0.5) is 5.69 Å². The van der Waals surface area contributed by atoms with Crippen LogP contribution in [0.1, 0.15) is 12.5 Å². The van der Waals surface area contributed by atoms with Crippen LogP contribution in [0.15, 0.2) is 66.0 Å². The van der Waals surface area contributed by atoms with Gasteiger partial charge in [-0.2, -0.15) is 4.68 Å². The van der Waals surface area contributed by atoms with Gasteiger partial charge in [0.05, 0.1) is 11.2 Å². The average Bonchev–Trinajstić information content (AvgIpc) is 3.14. The molecule has 2 heterocycles. The molecule has 1 N–H and O–H groups in total. The van der Waals surface area contributed by atoms with Crippen molar-refractivity contribution in [1.29, 1.82) is 0 Å². The number of amides is 1. The summed E-state index contributed by atoms with van der Waals surface area (Å²) < 4.78 is 1.66. The number of nitrogens with zero attached hydrogens (tertiary/aromatic N) is 5. The number of rotatable bonds is 5. The van der Waals surface area contributed by atoms with Crippen molar-refractivity contribution in [3.05, 3.63) is 66.4 Å². The highest BCUT2D eigenvalue weighted by Crippen LogP contribution is 2.26. The molecule has 2 aromatic heterocycles. The standard InChI is InChI=1S/C19H16N6OS/c1-13(26)21-16-8-3-9-17(11-16)25-19(22-23-24-25)27-12-15-6-2-5-14-7-4-10-20-18(14)15/h2-11H,12H2,1H3,(H,21,26). The molecule has 0 radical (unpaired) electrons. The fraction of sp³-hybridized carbons (Fsp3) is 0.105. The van der Waals surface area contributed by atoms with Gasteiger partial charge in [0, 0.05) is 29.9 Å². The van der Waals surface area contributed by atoms with Crippen LogP contribution in [0.3, 0.4) is 0 Å². The lowest BCUT2D eigenvalue weighted by Gasteiger charge is -2.08. The number of nitrogens with one attached hydrogen (secondary N) is 1. The van der Waals surface area contributed by atoms with E-state index in [4.69, 9.17) is 0 Å². The molecule has 4 rings (SSSR count). The Morgan fingerprint density at radius 3 is 2.89 bits per heavy atom.